The van der Waals surface area contributed by atoms with Gasteiger partial charge in [0.05, 0.1) is 5.02 Å². The molecule has 2 rings (SSSR count). The Balaban J connectivity index is 2.36. The van der Waals surface area contributed by atoms with E-state index in [0.29, 0.717) is 4.38 Å². The molecule has 6 heteroatoms. The van der Waals surface area contributed by atoms with Crippen LogP contribution in [-0.4, -0.2) is 15.2 Å². The van der Waals surface area contributed by atoms with Crippen molar-refractivity contribution in [2.45, 2.75) is 6.92 Å². The first-order valence-corrected chi connectivity index (χ1v) is 7.39. The van der Waals surface area contributed by atoms with Crippen LogP contribution < -0.4 is 0 Å². The normalized spacial score (nSPS) is 17.4. The summed E-state index contributed by atoms with van der Waals surface area (Å²) >= 11 is 8.46. The molecular formula is C12H9ClFNOS2. The summed E-state index contributed by atoms with van der Waals surface area (Å²) in [7, 11) is 0. The molecule has 0 fully saturated rings. The minimum atomic E-state index is -0.459. The first-order chi connectivity index (χ1) is 8.61. The topological polar surface area (TPSA) is 29.4 Å². The fraction of sp³-hybridized carbons (Fsp3) is 0.167. The van der Waals surface area contributed by atoms with Crippen molar-refractivity contribution in [1.29, 1.82) is 0 Å². The van der Waals surface area contributed by atoms with E-state index in [0.717, 1.165) is 17.5 Å². The van der Waals surface area contributed by atoms with Crippen molar-refractivity contribution < 1.29 is 9.18 Å². The smallest absolute Gasteiger partial charge is 0.244 e. The van der Waals surface area contributed by atoms with Crippen molar-refractivity contribution in [2.75, 3.05) is 5.75 Å². The second kappa shape index (κ2) is 5.91. The molecule has 18 heavy (non-hydrogen) atoms. The lowest BCUT2D eigenvalue weighted by Gasteiger charge is -1.99. The fourth-order valence-electron chi connectivity index (χ4n) is 1.36. The first kappa shape index (κ1) is 13.6. The van der Waals surface area contributed by atoms with E-state index >= 15 is 0 Å². The van der Waals surface area contributed by atoms with Gasteiger partial charge in [-0.15, -0.1) is 0 Å². The summed E-state index contributed by atoms with van der Waals surface area (Å²) in [5.41, 5.74) is 0.442. The average Bonchev–Trinajstić information content (AvgIpc) is 2.65. The van der Waals surface area contributed by atoms with Gasteiger partial charge in [0.1, 0.15) is 15.9 Å². The molecule has 0 radical (unpaired) electrons. The monoisotopic (exact) mass is 301 g/mol. The Morgan fingerprint density at radius 1 is 1.56 bits per heavy atom. The maximum absolute atomic E-state index is 13.6. The molecule has 0 saturated carbocycles. The number of nitrogens with zero attached hydrogens (tertiary/aromatic N) is 1. The van der Waals surface area contributed by atoms with E-state index in [1.807, 2.05) is 6.92 Å². The highest BCUT2D eigenvalue weighted by Gasteiger charge is 2.22. The van der Waals surface area contributed by atoms with Crippen molar-refractivity contribution in [2.24, 2.45) is 4.99 Å². The third-order valence-electron chi connectivity index (χ3n) is 2.15. The predicted molar refractivity (Wildman–Crippen MR) is 77.6 cm³/mol. The Kier molecular flexibility index (Phi) is 4.48. The number of thioether (sulfide) groups is 2. The van der Waals surface area contributed by atoms with Crippen molar-refractivity contribution >= 4 is 50.7 Å². The van der Waals surface area contributed by atoms with Crippen LogP contribution in [0.15, 0.2) is 28.9 Å². The van der Waals surface area contributed by atoms with E-state index in [1.54, 1.807) is 6.07 Å². The van der Waals surface area contributed by atoms with Crippen LogP contribution in [0.5, 0.6) is 0 Å². The molecule has 94 valence electrons. The van der Waals surface area contributed by atoms with Gasteiger partial charge in [-0.05, 0) is 35.7 Å². The molecule has 0 aliphatic carbocycles. The second-order valence-electron chi connectivity index (χ2n) is 3.37. The van der Waals surface area contributed by atoms with E-state index in [1.165, 1.54) is 30.0 Å². The van der Waals surface area contributed by atoms with Gasteiger partial charge < -0.3 is 0 Å². The molecule has 0 spiro atoms. The first-order valence-electron chi connectivity index (χ1n) is 5.21. The molecule has 1 aliphatic heterocycles. The molecule has 0 amide bonds. The predicted octanol–water partition coefficient (Wildman–Crippen LogP) is 4.20. The highest BCUT2D eigenvalue weighted by Crippen LogP contribution is 2.32. The maximum atomic E-state index is 13.6. The van der Waals surface area contributed by atoms with E-state index in [2.05, 4.69) is 4.99 Å². The average molecular weight is 302 g/mol. The lowest BCUT2D eigenvalue weighted by molar-refractivity contribution is -0.107. The number of halogens is 2. The highest BCUT2D eigenvalue weighted by molar-refractivity contribution is 8.45. The molecule has 0 saturated heterocycles. The number of hydrogen-bond acceptors (Lipinski definition) is 4. The molecule has 2 nitrogen and oxygen atoms in total. The number of rotatable bonds is 2. The lowest BCUT2D eigenvalue weighted by Crippen LogP contribution is -1.90. The van der Waals surface area contributed by atoms with Crippen LogP contribution in [0, 0.1) is 5.82 Å². The molecule has 0 N–H and O–H groups in total. The summed E-state index contributed by atoms with van der Waals surface area (Å²) in [6, 6.07) is 4.40. The third kappa shape index (κ3) is 2.96. The van der Waals surface area contributed by atoms with E-state index in [-0.39, 0.29) is 21.4 Å². The Morgan fingerprint density at radius 2 is 2.33 bits per heavy atom. The van der Waals surface area contributed by atoms with E-state index < -0.39 is 5.82 Å². The van der Waals surface area contributed by atoms with Gasteiger partial charge in [0.2, 0.25) is 5.12 Å². The summed E-state index contributed by atoms with van der Waals surface area (Å²) in [5, 5.41) is 0.0948. The molecule has 0 bridgehead atoms. The van der Waals surface area contributed by atoms with Crippen molar-refractivity contribution in [3.63, 3.8) is 0 Å². The van der Waals surface area contributed by atoms with Crippen LogP contribution in [0.4, 0.5) is 4.39 Å². The molecular weight excluding hydrogens is 293 g/mol. The van der Waals surface area contributed by atoms with Gasteiger partial charge in [0.15, 0.2) is 0 Å². The quantitative estimate of drug-likeness (QED) is 0.767. The third-order valence-corrected chi connectivity index (χ3v) is 4.37. The summed E-state index contributed by atoms with van der Waals surface area (Å²) in [4.78, 5) is 15.9. The summed E-state index contributed by atoms with van der Waals surface area (Å²) in [6.07, 6.45) is 1.40. The number of hydrogen-bond donors (Lipinski definition) is 0. The number of carbonyl (C=O) groups is 1. The zero-order valence-corrected chi connectivity index (χ0v) is 11.8. The van der Waals surface area contributed by atoms with Gasteiger partial charge in [0.25, 0.3) is 0 Å². The molecule has 1 aliphatic rings. The number of carbonyl (C=O) groups excluding carboxylic acids is 1. The van der Waals surface area contributed by atoms with Gasteiger partial charge in [0, 0.05) is 5.56 Å². The SMILES string of the molecule is CCSC1=N/C(=C/c2c(F)cccc2Cl)C(=O)S1. The zero-order valence-electron chi connectivity index (χ0n) is 9.44. The van der Waals surface area contributed by atoms with Crippen LogP contribution in [-0.2, 0) is 4.79 Å². The van der Waals surface area contributed by atoms with Gasteiger partial charge in [-0.25, -0.2) is 9.38 Å². The largest absolute Gasteiger partial charge is 0.279 e. The van der Waals surface area contributed by atoms with Crippen molar-refractivity contribution in [3.8, 4) is 0 Å². The highest BCUT2D eigenvalue weighted by atomic mass is 35.5. The van der Waals surface area contributed by atoms with E-state index in [4.69, 9.17) is 11.6 Å². The summed E-state index contributed by atoms with van der Waals surface area (Å²) in [6.45, 7) is 1.98. The Hall–Kier alpha value is -0.780. The van der Waals surface area contributed by atoms with Crippen molar-refractivity contribution in [1.82, 2.24) is 0 Å². The Labute approximate surface area is 118 Å². The minimum absolute atomic E-state index is 0.176. The maximum Gasteiger partial charge on any atom is 0.244 e. The minimum Gasteiger partial charge on any atom is -0.279 e. The van der Waals surface area contributed by atoms with Gasteiger partial charge >= 0.3 is 0 Å². The molecule has 1 heterocycles. The Bertz CT molecular complexity index is 537. The molecule has 1 aromatic rings. The zero-order chi connectivity index (χ0) is 13.1. The Morgan fingerprint density at radius 3 is 3.00 bits per heavy atom. The van der Waals surface area contributed by atoms with Crippen molar-refractivity contribution in [3.05, 3.63) is 40.3 Å². The molecule has 0 aromatic heterocycles. The lowest BCUT2D eigenvalue weighted by atomic mass is 10.2. The molecule has 0 unspecified atom stereocenters. The van der Waals surface area contributed by atoms with Gasteiger partial charge in [-0.1, -0.05) is 36.4 Å². The van der Waals surface area contributed by atoms with Crippen LogP contribution in [0.2, 0.25) is 5.02 Å². The fourth-order valence-corrected chi connectivity index (χ4v) is 3.32. The molecule has 0 atom stereocenters. The van der Waals surface area contributed by atoms with Crippen LogP contribution in [0.25, 0.3) is 6.08 Å². The summed E-state index contributed by atoms with van der Waals surface area (Å²) in [5.74, 6) is 0.381. The second-order valence-corrected chi connectivity index (χ2v) is 6.25. The molecule has 1 aromatic carbocycles. The van der Waals surface area contributed by atoms with Crippen LogP contribution in [0.3, 0.4) is 0 Å². The number of aliphatic imine (C=N–C) groups is 1. The van der Waals surface area contributed by atoms with Gasteiger partial charge in [-0.3, -0.25) is 4.79 Å². The summed E-state index contributed by atoms with van der Waals surface area (Å²) < 4.78 is 14.3. The number of benzene rings is 1. The van der Waals surface area contributed by atoms with E-state index in [9.17, 15) is 9.18 Å². The van der Waals surface area contributed by atoms with Gasteiger partial charge in [-0.2, -0.15) is 0 Å². The standard InChI is InChI=1S/C12H9ClFNOS2/c1-2-17-12-15-10(11(16)18-12)6-7-8(13)4-3-5-9(7)14/h3-6H,2H2,1H3/b10-6+. The van der Waals surface area contributed by atoms with Crippen LogP contribution in [0.1, 0.15) is 12.5 Å². The van der Waals surface area contributed by atoms with Crippen LogP contribution >= 0.6 is 35.1 Å².